The van der Waals surface area contributed by atoms with Gasteiger partial charge in [0.15, 0.2) is 5.03 Å². The highest BCUT2D eigenvalue weighted by atomic mass is 32.2. The van der Waals surface area contributed by atoms with Crippen molar-refractivity contribution in [1.29, 1.82) is 0 Å². The van der Waals surface area contributed by atoms with Crippen molar-refractivity contribution in [3.8, 4) is 0 Å². The highest BCUT2D eigenvalue weighted by Gasteiger charge is 2.47. The molecule has 3 heterocycles. The number of nitrogens with one attached hydrogen (secondary N) is 1. The first-order chi connectivity index (χ1) is 10.9. The molecule has 1 aromatic heterocycles. The van der Waals surface area contributed by atoms with Crippen molar-refractivity contribution in [1.82, 2.24) is 19.2 Å². The van der Waals surface area contributed by atoms with Gasteiger partial charge < -0.3 is 9.88 Å². The second-order valence-corrected chi connectivity index (χ2v) is 9.11. The largest absolute Gasteiger partial charge is 0.333 e. The van der Waals surface area contributed by atoms with Crippen molar-refractivity contribution in [2.75, 3.05) is 19.6 Å². The van der Waals surface area contributed by atoms with Crippen molar-refractivity contribution in [3.05, 3.63) is 12.5 Å². The minimum Gasteiger partial charge on any atom is -0.333 e. The van der Waals surface area contributed by atoms with Gasteiger partial charge in [0.05, 0.1) is 6.33 Å². The van der Waals surface area contributed by atoms with E-state index < -0.39 is 10.0 Å². The van der Waals surface area contributed by atoms with Gasteiger partial charge >= 0.3 is 0 Å². The lowest BCUT2D eigenvalue weighted by molar-refractivity contribution is 0.217. The summed E-state index contributed by atoms with van der Waals surface area (Å²) < 4.78 is 29.6. The van der Waals surface area contributed by atoms with Gasteiger partial charge in [-0.2, -0.15) is 4.31 Å². The molecule has 23 heavy (non-hydrogen) atoms. The molecule has 1 aromatic rings. The molecule has 1 N–H and O–H groups in total. The number of hydrogen-bond acceptors (Lipinski definition) is 4. The summed E-state index contributed by atoms with van der Waals surface area (Å²) in [7, 11) is -3.50. The molecule has 0 radical (unpaired) electrons. The third kappa shape index (κ3) is 3.06. The van der Waals surface area contributed by atoms with E-state index in [0.717, 1.165) is 38.8 Å². The van der Waals surface area contributed by atoms with Crippen molar-refractivity contribution < 1.29 is 8.42 Å². The van der Waals surface area contributed by atoms with Crippen LogP contribution in [0.5, 0.6) is 0 Å². The van der Waals surface area contributed by atoms with Crippen LogP contribution in [-0.2, 0) is 10.0 Å². The molecule has 2 saturated heterocycles. The van der Waals surface area contributed by atoms with Gasteiger partial charge in [-0.3, -0.25) is 0 Å². The van der Waals surface area contributed by atoms with Crippen LogP contribution in [0.15, 0.2) is 17.6 Å². The molecule has 2 aliphatic rings. The zero-order chi connectivity index (χ0) is 16.7. The first kappa shape index (κ1) is 16.9. The number of sulfonamides is 1. The highest BCUT2D eigenvalue weighted by molar-refractivity contribution is 7.89. The molecule has 0 saturated carbocycles. The van der Waals surface area contributed by atoms with Crippen molar-refractivity contribution in [2.24, 2.45) is 5.41 Å². The zero-order valence-electron chi connectivity index (χ0n) is 14.3. The van der Waals surface area contributed by atoms with E-state index in [1.54, 1.807) is 16.8 Å². The molecule has 0 aromatic carbocycles. The Bertz CT molecular complexity index is 649. The van der Waals surface area contributed by atoms with Crippen molar-refractivity contribution in [3.63, 3.8) is 0 Å². The van der Waals surface area contributed by atoms with Crippen LogP contribution < -0.4 is 5.32 Å². The number of piperidine rings is 1. The summed E-state index contributed by atoms with van der Waals surface area (Å²) in [4.78, 5) is 4.19. The van der Waals surface area contributed by atoms with Gasteiger partial charge in [-0.05, 0) is 58.0 Å². The molecule has 130 valence electrons. The van der Waals surface area contributed by atoms with E-state index in [1.807, 2.05) is 11.5 Å². The fraction of sp³-hybridized carbons (Fsp3) is 0.812. The maximum absolute atomic E-state index is 13.0. The maximum atomic E-state index is 13.0. The molecule has 0 aliphatic carbocycles. The molecule has 2 aliphatic heterocycles. The summed E-state index contributed by atoms with van der Waals surface area (Å²) in [6.45, 7) is 8.80. The normalized spacial score (nSPS) is 26.7. The summed E-state index contributed by atoms with van der Waals surface area (Å²) in [5.41, 5.74) is 0.150. The number of nitrogens with zero attached hydrogens (tertiary/aromatic N) is 3. The molecule has 3 rings (SSSR count). The maximum Gasteiger partial charge on any atom is 0.262 e. The predicted octanol–water partition coefficient (Wildman–Crippen LogP) is 2.01. The van der Waals surface area contributed by atoms with Crippen LogP contribution in [0.4, 0.5) is 0 Å². The first-order valence-corrected chi connectivity index (χ1v) is 10.1. The molecule has 6 nitrogen and oxygen atoms in total. The second kappa shape index (κ2) is 6.18. The topological polar surface area (TPSA) is 67.2 Å². The fourth-order valence-corrected chi connectivity index (χ4v) is 5.61. The van der Waals surface area contributed by atoms with Crippen LogP contribution in [0.2, 0.25) is 0 Å². The molecule has 0 bridgehead atoms. The minimum absolute atomic E-state index is 0.0480. The summed E-state index contributed by atoms with van der Waals surface area (Å²) in [6.07, 6.45) is 7.35. The third-order valence-electron chi connectivity index (χ3n) is 5.63. The lowest BCUT2D eigenvalue weighted by atomic mass is 9.77. The van der Waals surface area contributed by atoms with Gasteiger partial charge in [-0.15, -0.1) is 0 Å². The van der Waals surface area contributed by atoms with Crippen LogP contribution in [0.3, 0.4) is 0 Å². The summed E-state index contributed by atoms with van der Waals surface area (Å²) in [6, 6.07) is 0.310. The molecular weight excluding hydrogens is 312 g/mol. The van der Waals surface area contributed by atoms with Gasteiger partial charge in [0.2, 0.25) is 0 Å². The van der Waals surface area contributed by atoms with E-state index in [4.69, 9.17) is 0 Å². The SMILES string of the molecule is CCC(C)n1cnc(S(=O)(=O)N2CC3(CCNCC3)CC2C)c1. The van der Waals surface area contributed by atoms with Gasteiger partial charge in [-0.25, -0.2) is 13.4 Å². The zero-order valence-corrected chi connectivity index (χ0v) is 15.1. The first-order valence-electron chi connectivity index (χ1n) is 8.64. The Kier molecular flexibility index (Phi) is 4.55. The summed E-state index contributed by atoms with van der Waals surface area (Å²) in [5, 5.41) is 3.56. The number of aromatic nitrogens is 2. The Morgan fingerprint density at radius 3 is 2.78 bits per heavy atom. The predicted molar refractivity (Wildman–Crippen MR) is 89.7 cm³/mol. The van der Waals surface area contributed by atoms with E-state index in [0.29, 0.717) is 6.54 Å². The Morgan fingerprint density at radius 1 is 1.43 bits per heavy atom. The average molecular weight is 340 g/mol. The second-order valence-electron chi connectivity index (χ2n) is 7.27. The molecule has 0 amide bonds. The van der Waals surface area contributed by atoms with Crippen LogP contribution in [0.1, 0.15) is 52.5 Å². The van der Waals surface area contributed by atoms with Crippen molar-refractivity contribution in [2.45, 2.75) is 63.6 Å². The van der Waals surface area contributed by atoms with Gasteiger partial charge in [-0.1, -0.05) is 6.92 Å². The number of hydrogen-bond donors (Lipinski definition) is 1. The third-order valence-corrected chi connectivity index (χ3v) is 7.47. The summed E-state index contributed by atoms with van der Waals surface area (Å²) in [5.74, 6) is 0. The highest BCUT2D eigenvalue weighted by Crippen LogP contribution is 2.43. The average Bonchev–Trinajstić information content (AvgIpc) is 3.13. The molecule has 7 heteroatoms. The van der Waals surface area contributed by atoms with E-state index in [-0.39, 0.29) is 22.5 Å². The molecule has 1 spiro atoms. The smallest absolute Gasteiger partial charge is 0.262 e. The Hall–Kier alpha value is -0.920. The fourth-order valence-electron chi connectivity index (χ4n) is 3.94. The minimum atomic E-state index is -3.50. The van der Waals surface area contributed by atoms with Crippen LogP contribution in [0, 0.1) is 5.41 Å². The lowest BCUT2D eigenvalue weighted by Gasteiger charge is -2.33. The summed E-state index contributed by atoms with van der Waals surface area (Å²) >= 11 is 0. The quantitative estimate of drug-likeness (QED) is 0.910. The lowest BCUT2D eigenvalue weighted by Crippen LogP contribution is -2.40. The Balaban J connectivity index is 1.83. The van der Waals surface area contributed by atoms with Gasteiger partial charge in [0.25, 0.3) is 10.0 Å². The van der Waals surface area contributed by atoms with Crippen LogP contribution in [-0.4, -0.2) is 48.0 Å². The van der Waals surface area contributed by atoms with E-state index in [1.165, 1.54) is 0 Å². The van der Waals surface area contributed by atoms with Crippen molar-refractivity contribution >= 4 is 10.0 Å². The van der Waals surface area contributed by atoms with E-state index >= 15 is 0 Å². The molecule has 2 unspecified atom stereocenters. The van der Waals surface area contributed by atoms with Crippen LogP contribution in [0.25, 0.3) is 0 Å². The van der Waals surface area contributed by atoms with Crippen LogP contribution >= 0.6 is 0 Å². The molecule has 2 atom stereocenters. The Labute approximate surface area is 139 Å². The van der Waals surface area contributed by atoms with Gasteiger partial charge in [0, 0.05) is 24.8 Å². The number of imidazole rings is 1. The monoisotopic (exact) mass is 340 g/mol. The van der Waals surface area contributed by atoms with E-state index in [2.05, 4.69) is 24.1 Å². The standard InChI is InChI=1S/C16H28N4O2S/c1-4-13(2)19-10-15(18-12-19)23(21,22)20-11-16(9-14(20)3)5-7-17-8-6-16/h10,12-14,17H,4-9,11H2,1-3H3. The Morgan fingerprint density at radius 2 is 2.13 bits per heavy atom. The van der Waals surface area contributed by atoms with E-state index in [9.17, 15) is 8.42 Å². The molecular formula is C16H28N4O2S. The number of rotatable bonds is 4. The van der Waals surface area contributed by atoms with Gasteiger partial charge in [0.1, 0.15) is 0 Å². The molecule has 2 fully saturated rings.